The Hall–Kier alpha value is -3.06. The average molecular weight is 395 g/mol. The predicted octanol–water partition coefficient (Wildman–Crippen LogP) is 4.34. The van der Waals surface area contributed by atoms with Crippen molar-refractivity contribution >= 4 is 28.2 Å². The van der Waals surface area contributed by atoms with Gasteiger partial charge in [0.05, 0.1) is 16.6 Å². The number of benzene rings is 1. The fourth-order valence-corrected chi connectivity index (χ4v) is 3.18. The van der Waals surface area contributed by atoms with Gasteiger partial charge in [0, 0.05) is 24.5 Å². The Bertz CT molecular complexity index is 978. The van der Waals surface area contributed by atoms with Gasteiger partial charge in [0.2, 0.25) is 5.78 Å². The molecular weight excluding hydrogens is 374 g/mol. The molecule has 144 valence electrons. The van der Waals surface area contributed by atoms with E-state index in [1.165, 1.54) is 11.3 Å². The minimum Gasteiger partial charge on any atom is -0.456 e. The number of anilines is 1. The molecule has 0 saturated heterocycles. The summed E-state index contributed by atoms with van der Waals surface area (Å²) in [7, 11) is 0. The summed E-state index contributed by atoms with van der Waals surface area (Å²) in [5.41, 5.74) is 1.20. The predicted molar refractivity (Wildman–Crippen MR) is 109 cm³/mol. The first-order valence-corrected chi connectivity index (χ1v) is 9.60. The highest BCUT2D eigenvalue weighted by Gasteiger charge is 2.20. The molecule has 0 spiro atoms. The minimum atomic E-state index is -0.594. The molecule has 0 atom stereocenters. The van der Waals surface area contributed by atoms with E-state index < -0.39 is 11.6 Å². The van der Waals surface area contributed by atoms with Crippen LogP contribution in [0.25, 0.3) is 0 Å². The van der Waals surface area contributed by atoms with Crippen molar-refractivity contribution < 1.29 is 14.3 Å². The number of nitrogens with zero attached hydrogens (tertiary/aromatic N) is 2. The second-order valence-electron chi connectivity index (χ2n) is 7.16. The van der Waals surface area contributed by atoms with E-state index in [2.05, 4.69) is 15.3 Å². The Kier molecular flexibility index (Phi) is 5.84. The first-order valence-electron chi connectivity index (χ1n) is 8.78. The molecule has 7 heteroatoms. The number of aromatic nitrogens is 2. The lowest BCUT2D eigenvalue weighted by Gasteiger charge is -2.19. The number of ether oxygens (including phenoxy) is 1. The second-order valence-corrected chi connectivity index (χ2v) is 8.19. The summed E-state index contributed by atoms with van der Waals surface area (Å²) in [4.78, 5) is 33.8. The molecule has 0 radical (unpaired) electrons. The van der Waals surface area contributed by atoms with Gasteiger partial charge in [0.15, 0.2) is 5.13 Å². The highest BCUT2D eigenvalue weighted by atomic mass is 32.1. The number of carbonyl (C=O) groups excluding carboxylic acids is 2. The van der Waals surface area contributed by atoms with Crippen molar-refractivity contribution in [3.8, 4) is 0 Å². The van der Waals surface area contributed by atoms with Gasteiger partial charge in [0.25, 0.3) is 0 Å². The van der Waals surface area contributed by atoms with E-state index in [9.17, 15) is 9.59 Å². The molecule has 2 aromatic heterocycles. The molecule has 0 bridgehead atoms. The molecule has 0 fully saturated rings. The van der Waals surface area contributed by atoms with Crippen molar-refractivity contribution in [3.05, 3.63) is 76.6 Å². The summed E-state index contributed by atoms with van der Waals surface area (Å²) in [6, 6.07) is 10.4. The van der Waals surface area contributed by atoms with Crippen LogP contribution in [0.1, 0.15) is 51.9 Å². The SMILES string of the molecule is CC(C)(C)OC(=O)c1cccc(C(=O)c2cnc(NCc3cccnc3)s2)c1. The van der Waals surface area contributed by atoms with E-state index in [0.29, 0.717) is 27.7 Å². The zero-order chi connectivity index (χ0) is 20.1. The molecule has 28 heavy (non-hydrogen) atoms. The van der Waals surface area contributed by atoms with Crippen molar-refractivity contribution in [1.82, 2.24) is 9.97 Å². The van der Waals surface area contributed by atoms with Gasteiger partial charge in [-0.2, -0.15) is 0 Å². The first kappa shape index (κ1) is 19.7. The fraction of sp³-hybridized carbons (Fsp3) is 0.238. The molecule has 0 unspecified atom stereocenters. The van der Waals surface area contributed by atoms with E-state index in [4.69, 9.17) is 4.74 Å². The quantitative estimate of drug-likeness (QED) is 0.494. The molecule has 0 saturated carbocycles. The molecule has 2 heterocycles. The smallest absolute Gasteiger partial charge is 0.338 e. The molecular formula is C21H21N3O3S. The minimum absolute atomic E-state index is 0.183. The number of ketones is 1. The van der Waals surface area contributed by atoms with E-state index in [0.717, 1.165) is 5.56 Å². The zero-order valence-electron chi connectivity index (χ0n) is 15.9. The van der Waals surface area contributed by atoms with Crippen LogP contribution in [0.3, 0.4) is 0 Å². The molecule has 0 amide bonds. The Morgan fingerprint density at radius 1 is 1.11 bits per heavy atom. The van der Waals surface area contributed by atoms with Gasteiger partial charge in [-0.3, -0.25) is 9.78 Å². The van der Waals surface area contributed by atoms with Crippen LogP contribution in [0.2, 0.25) is 0 Å². The number of rotatable bonds is 6. The topological polar surface area (TPSA) is 81.2 Å². The number of esters is 1. The highest BCUT2D eigenvalue weighted by molar-refractivity contribution is 7.17. The summed E-state index contributed by atoms with van der Waals surface area (Å²) in [5, 5.41) is 3.83. The van der Waals surface area contributed by atoms with Crippen molar-refractivity contribution in [2.24, 2.45) is 0 Å². The molecule has 0 aliphatic carbocycles. The number of carbonyl (C=O) groups is 2. The van der Waals surface area contributed by atoms with Crippen LogP contribution in [0.5, 0.6) is 0 Å². The van der Waals surface area contributed by atoms with E-state index >= 15 is 0 Å². The molecule has 3 rings (SSSR count). The lowest BCUT2D eigenvalue weighted by molar-refractivity contribution is 0.00695. The largest absolute Gasteiger partial charge is 0.456 e. The maximum absolute atomic E-state index is 12.8. The third-order valence-electron chi connectivity index (χ3n) is 3.66. The number of thiazole rings is 1. The van der Waals surface area contributed by atoms with Crippen LogP contribution < -0.4 is 5.32 Å². The average Bonchev–Trinajstić information content (AvgIpc) is 3.14. The van der Waals surface area contributed by atoms with Crippen molar-refractivity contribution in [2.75, 3.05) is 5.32 Å². The molecule has 0 aliphatic heterocycles. The molecule has 1 aromatic carbocycles. The lowest BCUT2D eigenvalue weighted by atomic mass is 10.1. The summed E-state index contributed by atoms with van der Waals surface area (Å²) in [5.74, 6) is -0.636. The third kappa shape index (κ3) is 5.23. The van der Waals surface area contributed by atoms with E-state index in [1.807, 2.05) is 12.1 Å². The van der Waals surface area contributed by atoms with Gasteiger partial charge in [-0.05, 0) is 44.5 Å². The zero-order valence-corrected chi connectivity index (χ0v) is 16.7. The maximum atomic E-state index is 12.8. The Labute approximate surface area is 167 Å². The Balaban J connectivity index is 1.70. The maximum Gasteiger partial charge on any atom is 0.338 e. The molecule has 0 aliphatic rings. The second kappa shape index (κ2) is 8.31. The fourth-order valence-electron chi connectivity index (χ4n) is 2.41. The highest BCUT2D eigenvalue weighted by Crippen LogP contribution is 2.23. The van der Waals surface area contributed by atoms with Gasteiger partial charge in [-0.1, -0.05) is 29.5 Å². The third-order valence-corrected chi connectivity index (χ3v) is 4.61. The summed E-state index contributed by atoms with van der Waals surface area (Å²) in [6.45, 7) is 5.98. The van der Waals surface area contributed by atoms with Crippen LogP contribution in [0.4, 0.5) is 5.13 Å². The van der Waals surface area contributed by atoms with Crippen LogP contribution in [-0.2, 0) is 11.3 Å². The van der Waals surface area contributed by atoms with Gasteiger partial charge >= 0.3 is 5.97 Å². The monoisotopic (exact) mass is 395 g/mol. The number of hydrogen-bond donors (Lipinski definition) is 1. The van der Waals surface area contributed by atoms with Crippen molar-refractivity contribution in [2.45, 2.75) is 32.9 Å². The standard InChI is InChI=1S/C21H21N3O3S/c1-21(2,3)27-19(26)16-8-4-7-15(10-16)18(25)17-13-24-20(28-17)23-12-14-6-5-9-22-11-14/h4-11,13H,12H2,1-3H3,(H,23,24). The van der Waals surface area contributed by atoms with Crippen LogP contribution in [0, 0.1) is 0 Å². The van der Waals surface area contributed by atoms with E-state index in [-0.39, 0.29) is 5.78 Å². The normalized spacial score (nSPS) is 11.1. The van der Waals surface area contributed by atoms with Gasteiger partial charge in [-0.15, -0.1) is 0 Å². The Morgan fingerprint density at radius 3 is 2.61 bits per heavy atom. The van der Waals surface area contributed by atoms with Gasteiger partial charge < -0.3 is 10.1 Å². The van der Waals surface area contributed by atoms with Gasteiger partial charge in [-0.25, -0.2) is 9.78 Å². The number of nitrogens with one attached hydrogen (secondary N) is 1. The summed E-state index contributed by atoms with van der Waals surface area (Å²) >= 11 is 1.27. The Morgan fingerprint density at radius 2 is 1.89 bits per heavy atom. The number of hydrogen-bond acceptors (Lipinski definition) is 7. The molecule has 3 aromatic rings. The van der Waals surface area contributed by atoms with Gasteiger partial charge in [0.1, 0.15) is 5.60 Å². The van der Waals surface area contributed by atoms with Crippen LogP contribution in [-0.4, -0.2) is 27.3 Å². The van der Waals surface area contributed by atoms with Crippen LogP contribution >= 0.6 is 11.3 Å². The van der Waals surface area contributed by atoms with Crippen LogP contribution in [0.15, 0.2) is 55.0 Å². The van der Waals surface area contributed by atoms with E-state index in [1.54, 1.807) is 63.6 Å². The number of pyridine rings is 1. The van der Waals surface area contributed by atoms with Crippen molar-refractivity contribution in [3.63, 3.8) is 0 Å². The molecule has 1 N–H and O–H groups in total. The molecule has 6 nitrogen and oxygen atoms in total. The first-order chi connectivity index (χ1) is 13.3. The summed E-state index contributed by atoms with van der Waals surface area (Å²) in [6.07, 6.45) is 5.03. The summed E-state index contributed by atoms with van der Waals surface area (Å²) < 4.78 is 5.37. The lowest BCUT2D eigenvalue weighted by Crippen LogP contribution is -2.24. The van der Waals surface area contributed by atoms with Crippen molar-refractivity contribution in [1.29, 1.82) is 0 Å².